The topological polar surface area (TPSA) is 21.3 Å². The SMILES string of the molecule is C1CCC(COC[C@@H]2CCCN2)CC1. The molecule has 0 aromatic carbocycles. The largest absolute Gasteiger partial charge is 0.380 e. The molecule has 0 aromatic rings. The summed E-state index contributed by atoms with van der Waals surface area (Å²) in [6.07, 6.45) is 9.74. The molecular formula is C12H23NO. The molecule has 0 aromatic heterocycles. The van der Waals surface area contributed by atoms with E-state index in [2.05, 4.69) is 5.32 Å². The van der Waals surface area contributed by atoms with Crippen molar-refractivity contribution in [3.8, 4) is 0 Å². The number of nitrogens with one attached hydrogen (secondary N) is 1. The molecule has 82 valence electrons. The van der Waals surface area contributed by atoms with Gasteiger partial charge < -0.3 is 10.1 Å². The molecule has 1 aliphatic carbocycles. The maximum absolute atomic E-state index is 5.79. The summed E-state index contributed by atoms with van der Waals surface area (Å²) < 4.78 is 5.79. The van der Waals surface area contributed by atoms with Crippen LogP contribution in [0, 0.1) is 5.92 Å². The highest BCUT2D eigenvalue weighted by Crippen LogP contribution is 2.23. The normalized spacial score (nSPS) is 29.6. The summed E-state index contributed by atoms with van der Waals surface area (Å²) in [6.45, 7) is 3.14. The van der Waals surface area contributed by atoms with Crippen LogP contribution in [0.4, 0.5) is 0 Å². The maximum atomic E-state index is 5.79. The Kier molecular flexibility index (Phi) is 4.26. The van der Waals surface area contributed by atoms with E-state index in [-0.39, 0.29) is 0 Å². The van der Waals surface area contributed by atoms with E-state index in [4.69, 9.17) is 4.74 Å². The lowest BCUT2D eigenvalue weighted by atomic mass is 9.90. The van der Waals surface area contributed by atoms with Gasteiger partial charge in [0.2, 0.25) is 0 Å². The molecule has 1 N–H and O–H groups in total. The Balaban J connectivity index is 1.52. The van der Waals surface area contributed by atoms with Gasteiger partial charge in [0, 0.05) is 12.6 Å². The van der Waals surface area contributed by atoms with Crippen molar-refractivity contribution in [2.45, 2.75) is 51.0 Å². The second kappa shape index (κ2) is 5.72. The molecule has 0 radical (unpaired) electrons. The molecule has 1 saturated carbocycles. The Morgan fingerprint density at radius 3 is 2.50 bits per heavy atom. The zero-order valence-corrected chi connectivity index (χ0v) is 9.13. The lowest BCUT2D eigenvalue weighted by Gasteiger charge is -2.22. The standard InChI is InChI=1S/C12H23NO/c1-2-5-11(6-3-1)9-14-10-12-7-4-8-13-12/h11-13H,1-10H2/t12-/m0/s1. The summed E-state index contributed by atoms with van der Waals surface area (Å²) in [5.41, 5.74) is 0. The van der Waals surface area contributed by atoms with Crippen LogP contribution < -0.4 is 5.32 Å². The van der Waals surface area contributed by atoms with E-state index in [1.54, 1.807) is 0 Å². The molecule has 1 heterocycles. The predicted octanol–water partition coefficient (Wildman–Crippen LogP) is 2.34. The van der Waals surface area contributed by atoms with Crippen molar-refractivity contribution in [3.05, 3.63) is 0 Å². The van der Waals surface area contributed by atoms with Gasteiger partial charge >= 0.3 is 0 Å². The molecule has 2 aliphatic rings. The highest BCUT2D eigenvalue weighted by Gasteiger charge is 2.16. The van der Waals surface area contributed by atoms with Crippen LogP contribution in [-0.2, 0) is 4.74 Å². The van der Waals surface area contributed by atoms with Gasteiger partial charge in [0.05, 0.1) is 6.61 Å². The van der Waals surface area contributed by atoms with Gasteiger partial charge in [-0.3, -0.25) is 0 Å². The van der Waals surface area contributed by atoms with Crippen molar-refractivity contribution < 1.29 is 4.74 Å². The number of ether oxygens (including phenoxy) is 1. The summed E-state index contributed by atoms with van der Waals surface area (Å²) in [5, 5.41) is 3.47. The van der Waals surface area contributed by atoms with E-state index in [0.29, 0.717) is 6.04 Å². The van der Waals surface area contributed by atoms with Crippen LogP contribution in [0.1, 0.15) is 44.9 Å². The lowest BCUT2D eigenvalue weighted by molar-refractivity contribution is 0.0728. The molecule has 0 amide bonds. The molecule has 1 aliphatic heterocycles. The smallest absolute Gasteiger partial charge is 0.0619 e. The van der Waals surface area contributed by atoms with Crippen LogP contribution in [0.15, 0.2) is 0 Å². The van der Waals surface area contributed by atoms with Crippen LogP contribution in [0.25, 0.3) is 0 Å². The Morgan fingerprint density at radius 2 is 1.79 bits per heavy atom. The van der Waals surface area contributed by atoms with Gasteiger partial charge in [-0.05, 0) is 38.1 Å². The Morgan fingerprint density at radius 1 is 0.929 bits per heavy atom. The minimum atomic E-state index is 0.651. The molecule has 1 atom stereocenters. The molecule has 0 unspecified atom stereocenters. The van der Waals surface area contributed by atoms with E-state index in [1.807, 2.05) is 0 Å². The zero-order valence-electron chi connectivity index (χ0n) is 9.13. The first-order valence-corrected chi connectivity index (χ1v) is 6.26. The monoisotopic (exact) mass is 197 g/mol. The van der Waals surface area contributed by atoms with E-state index in [1.165, 1.54) is 51.5 Å². The molecule has 2 nitrogen and oxygen atoms in total. The molecule has 14 heavy (non-hydrogen) atoms. The molecule has 2 rings (SSSR count). The van der Waals surface area contributed by atoms with Gasteiger partial charge in [0.25, 0.3) is 0 Å². The van der Waals surface area contributed by atoms with Crippen molar-refractivity contribution in [3.63, 3.8) is 0 Å². The first kappa shape index (κ1) is 10.4. The minimum Gasteiger partial charge on any atom is -0.380 e. The summed E-state index contributed by atoms with van der Waals surface area (Å²) in [7, 11) is 0. The highest BCUT2D eigenvalue weighted by molar-refractivity contribution is 4.73. The molecule has 1 saturated heterocycles. The van der Waals surface area contributed by atoms with Crippen LogP contribution in [0.5, 0.6) is 0 Å². The van der Waals surface area contributed by atoms with Crippen molar-refractivity contribution >= 4 is 0 Å². The molecule has 2 fully saturated rings. The lowest BCUT2D eigenvalue weighted by Crippen LogP contribution is -2.28. The number of hydrogen-bond acceptors (Lipinski definition) is 2. The van der Waals surface area contributed by atoms with Gasteiger partial charge in [-0.25, -0.2) is 0 Å². The van der Waals surface area contributed by atoms with Gasteiger partial charge in [0.15, 0.2) is 0 Å². The van der Waals surface area contributed by atoms with Gasteiger partial charge in [0.1, 0.15) is 0 Å². The fourth-order valence-electron chi connectivity index (χ4n) is 2.63. The average Bonchev–Trinajstić information content (AvgIpc) is 2.72. The van der Waals surface area contributed by atoms with E-state index < -0.39 is 0 Å². The third-order valence-corrected chi connectivity index (χ3v) is 3.56. The fourth-order valence-corrected chi connectivity index (χ4v) is 2.63. The van der Waals surface area contributed by atoms with E-state index in [0.717, 1.165) is 19.1 Å². The van der Waals surface area contributed by atoms with Crippen LogP contribution >= 0.6 is 0 Å². The second-order valence-electron chi connectivity index (χ2n) is 4.83. The Labute approximate surface area is 87.4 Å². The van der Waals surface area contributed by atoms with Gasteiger partial charge in [-0.15, -0.1) is 0 Å². The minimum absolute atomic E-state index is 0.651. The third kappa shape index (κ3) is 3.25. The second-order valence-corrected chi connectivity index (χ2v) is 4.83. The van der Waals surface area contributed by atoms with Crippen molar-refractivity contribution in [2.24, 2.45) is 5.92 Å². The van der Waals surface area contributed by atoms with Crippen LogP contribution in [0.3, 0.4) is 0 Å². The first-order valence-electron chi connectivity index (χ1n) is 6.26. The summed E-state index contributed by atoms with van der Waals surface area (Å²) in [6, 6.07) is 0.651. The third-order valence-electron chi connectivity index (χ3n) is 3.56. The Bertz CT molecular complexity index is 148. The zero-order chi connectivity index (χ0) is 9.64. The van der Waals surface area contributed by atoms with Crippen LogP contribution in [-0.4, -0.2) is 25.8 Å². The fraction of sp³-hybridized carbons (Fsp3) is 1.00. The quantitative estimate of drug-likeness (QED) is 0.747. The summed E-state index contributed by atoms with van der Waals surface area (Å²) in [4.78, 5) is 0. The molecule has 2 heteroatoms. The van der Waals surface area contributed by atoms with E-state index >= 15 is 0 Å². The molecule has 0 spiro atoms. The number of rotatable bonds is 4. The average molecular weight is 197 g/mol. The maximum Gasteiger partial charge on any atom is 0.0619 e. The van der Waals surface area contributed by atoms with E-state index in [9.17, 15) is 0 Å². The first-order chi connectivity index (χ1) is 6.95. The summed E-state index contributed by atoms with van der Waals surface area (Å²) in [5.74, 6) is 0.866. The molecule has 0 bridgehead atoms. The predicted molar refractivity (Wildman–Crippen MR) is 58.4 cm³/mol. The Hall–Kier alpha value is -0.0800. The van der Waals surface area contributed by atoms with Crippen molar-refractivity contribution in [1.29, 1.82) is 0 Å². The van der Waals surface area contributed by atoms with Crippen molar-refractivity contribution in [1.82, 2.24) is 5.32 Å². The highest BCUT2D eigenvalue weighted by atomic mass is 16.5. The van der Waals surface area contributed by atoms with Crippen molar-refractivity contribution in [2.75, 3.05) is 19.8 Å². The summed E-state index contributed by atoms with van der Waals surface area (Å²) >= 11 is 0. The van der Waals surface area contributed by atoms with Gasteiger partial charge in [-0.1, -0.05) is 19.3 Å². The van der Waals surface area contributed by atoms with Crippen LogP contribution in [0.2, 0.25) is 0 Å². The molecular weight excluding hydrogens is 174 g/mol. The number of hydrogen-bond donors (Lipinski definition) is 1. The van der Waals surface area contributed by atoms with Gasteiger partial charge in [-0.2, -0.15) is 0 Å².